The summed E-state index contributed by atoms with van der Waals surface area (Å²) in [6, 6.07) is 11.1. The molecule has 0 unspecified atom stereocenters. The zero-order valence-corrected chi connectivity index (χ0v) is 21.5. The normalized spacial score (nSPS) is 15.1. The number of aromatic nitrogens is 5. The van der Waals surface area contributed by atoms with Gasteiger partial charge in [0, 0.05) is 30.9 Å². The second kappa shape index (κ2) is 11.1. The molecule has 1 N–H and O–H groups in total. The van der Waals surface area contributed by atoms with Crippen molar-refractivity contribution >= 4 is 15.9 Å². The van der Waals surface area contributed by atoms with E-state index in [4.69, 9.17) is 4.74 Å². The Balaban J connectivity index is 1.39. The second-order valence-electron chi connectivity index (χ2n) is 8.92. The standard InChI is InChI=1S/C24H31N7O4S/c1-4-35-21-7-5-6-19(13-21)15-25-24(32)22-14-20(12-17(2)26-22)23-27-29-31(28-23)16-18-8-10-30(11-9-18)36(3,33)34/h5-7,12-14,18H,4,8-11,15-16H2,1-3H3,(H,25,32). The van der Waals surface area contributed by atoms with Gasteiger partial charge in [0.05, 0.1) is 19.4 Å². The van der Waals surface area contributed by atoms with E-state index in [1.165, 1.54) is 15.4 Å². The third-order valence-corrected chi connectivity index (χ3v) is 7.33. The molecule has 36 heavy (non-hydrogen) atoms. The van der Waals surface area contributed by atoms with Crippen molar-refractivity contribution in [1.82, 2.24) is 34.8 Å². The second-order valence-corrected chi connectivity index (χ2v) is 10.9. The van der Waals surface area contributed by atoms with Crippen molar-refractivity contribution in [2.45, 2.75) is 39.8 Å². The number of hydrogen-bond acceptors (Lipinski definition) is 8. The summed E-state index contributed by atoms with van der Waals surface area (Å²) in [4.78, 5) is 18.7. The van der Waals surface area contributed by atoms with Gasteiger partial charge in [-0.2, -0.15) is 4.80 Å². The van der Waals surface area contributed by atoms with Crippen molar-refractivity contribution < 1.29 is 17.9 Å². The molecule has 2 aromatic heterocycles. The van der Waals surface area contributed by atoms with E-state index in [0.717, 1.165) is 24.2 Å². The van der Waals surface area contributed by atoms with Crippen LogP contribution in [0.25, 0.3) is 11.4 Å². The van der Waals surface area contributed by atoms with Crippen molar-refractivity contribution in [3.63, 3.8) is 0 Å². The largest absolute Gasteiger partial charge is 0.494 e. The van der Waals surface area contributed by atoms with Crippen molar-refractivity contribution in [3.8, 4) is 17.1 Å². The number of benzene rings is 1. The van der Waals surface area contributed by atoms with Gasteiger partial charge in [-0.25, -0.2) is 17.7 Å². The fraction of sp³-hybridized carbons (Fsp3) is 0.458. The van der Waals surface area contributed by atoms with E-state index in [9.17, 15) is 13.2 Å². The number of piperidine rings is 1. The van der Waals surface area contributed by atoms with Crippen LogP contribution in [0.15, 0.2) is 36.4 Å². The van der Waals surface area contributed by atoms with E-state index >= 15 is 0 Å². The number of carbonyl (C=O) groups excluding carboxylic acids is 1. The fourth-order valence-electron chi connectivity index (χ4n) is 4.19. The Hall–Kier alpha value is -3.38. The van der Waals surface area contributed by atoms with Gasteiger partial charge in [-0.3, -0.25) is 4.79 Å². The topological polar surface area (TPSA) is 132 Å². The molecule has 1 saturated heterocycles. The van der Waals surface area contributed by atoms with Crippen LogP contribution in [0.5, 0.6) is 5.75 Å². The minimum absolute atomic E-state index is 0.270. The fourth-order valence-corrected chi connectivity index (χ4v) is 5.06. The van der Waals surface area contributed by atoms with Crippen LogP contribution in [0.2, 0.25) is 0 Å². The number of nitrogens with one attached hydrogen (secondary N) is 1. The van der Waals surface area contributed by atoms with Gasteiger partial charge in [-0.05, 0) is 67.6 Å². The van der Waals surface area contributed by atoms with Crippen LogP contribution in [-0.2, 0) is 23.1 Å². The lowest BCUT2D eigenvalue weighted by Crippen LogP contribution is -2.38. The molecule has 0 aliphatic carbocycles. The molecule has 0 radical (unpaired) electrons. The Morgan fingerprint density at radius 1 is 1.19 bits per heavy atom. The summed E-state index contributed by atoms with van der Waals surface area (Å²) in [7, 11) is -3.16. The van der Waals surface area contributed by atoms with Gasteiger partial charge in [0.15, 0.2) is 0 Å². The van der Waals surface area contributed by atoms with Gasteiger partial charge in [-0.1, -0.05) is 12.1 Å². The number of pyridine rings is 1. The summed E-state index contributed by atoms with van der Waals surface area (Å²) in [5.41, 5.74) is 2.52. The lowest BCUT2D eigenvalue weighted by atomic mass is 9.98. The lowest BCUT2D eigenvalue weighted by molar-refractivity contribution is 0.0945. The summed E-state index contributed by atoms with van der Waals surface area (Å²) in [6.07, 6.45) is 2.73. The Morgan fingerprint density at radius 3 is 2.69 bits per heavy atom. The van der Waals surface area contributed by atoms with Gasteiger partial charge < -0.3 is 10.1 Å². The molecule has 3 heterocycles. The maximum absolute atomic E-state index is 12.8. The number of nitrogens with zero attached hydrogens (tertiary/aromatic N) is 6. The van der Waals surface area contributed by atoms with Crippen molar-refractivity contribution in [1.29, 1.82) is 0 Å². The van der Waals surface area contributed by atoms with E-state index in [1.54, 1.807) is 6.07 Å². The number of ether oxygens (including phenoxy) is 1. The van der Waals surface area contributed by atoms with Crippen molar-refractivity contribution in [3.05, 3.63) is 53.3 Å². The van der Waals surface area contributed by atoms with E-state index in [0.29, 0.717) is 49.9 Å². The molecule has 0 spiro atoms. The number of tetrazole rings is 1. The van der Waals surface area contributed by atoms with Crippen LogP contribution in [0.3, 0.4) is 0 Å². The van der Waals surface area contributed by atoms with Crippen molar-refractivity contribution in [2.24, 2.45) is 5.92 Å². The van der Waals surface area contributed by atoms with Crippen LogP contribution in [0.4, 0.5) is 0 Å². The lowest BCUT2D eigenvalue weighted by Gasteiger charge is -2.29. The summed E-state index contributed by atoms with van der Waals surface area (Å²) in [6.45, 7) is 6.22. The maximum atomic E-state index is 12.8. The zero-order chi connectivity index (χ0) is 25.7. The molecule has 4 rings (SSSR count). The first-order chi connectivity index (χ1) is 17.2. The molecule has 1 fully saturated rings. The van der Waals surface area contributed by atoms with Crippen molar-refractivity contribution in [2.75, 3.05) is 26.0 Å². The monoisotopic (exact) mass is 513 g/mol. The summed E-state index contributed by atoms with van der Waals surface area (Å²) < 4.78 is 30.4. The third-order valence-electron chi connectivity index (χ3n) is 6.02. The Morgan fingerprint density at radius 2 is 1.97 bits per heavy atom. The van der Waals surface area contributed by atoms with Crippen LogP contribution < -0.4 is 10.1 Å². The molecule has 192 valence electrons. The minimum atomic E-state index is -3.16. The molecular weight excluding hydrogens is 482 g/mol. The molecule has 11 nitrogen and oxygen atoms in total. The predicted molar refractivity (Wildman–Crippen MR) is 134 cm³/mol. The highest BCUT2D eigenvalue weighted by Gasteiger charge is 2.25. The average molecular weight is 514 g/mol. The average Bonchev–Trinajstić information content (AvgIpc) is 3.31. The molecule has 0 bridgehead atoms. The SMILES string of the molecule is CCOc1cccc(CNC(=O)c2cc(-c3nnn(CC4CCN(S(C)(=O)=O)CC4)n3)cc(C)n2)c1. The summed E-state index contributed by atoms with van der Waals surface area (Å²) in [5, 5.41) is 15.7. The molecule has 12 heteroatoms. The maximum Gasteiger partial charge on any atom is 0.270 e. The number of amides is 1. The van der Waals surface area contributed by atoms with Crippen LogP contribution in [0, 0.1) is 12.8 Å². The highest BCUT2D eigenvalue weighted by atomic mass is 32.2. The predicted octanol–water partition coefficient (Wildman–Crippen LogP) is 2.04. The van der Waals surface area contributed by atoms with Gasteiger partial charge in [0.1, 0.15) is 11.4 Å². The van der Waals surface area contributed by atoms with Gasteiger partial charge >= 0.3 is 0 Å². The molecule has 0 saturated carbocycles. The molecule has 3 aromatic rings. The smallest absolute Gasteiger partial charge is 0.270 e. The van der Waals surface area contributed by atoms with E-state index in [-0.39, 0.29) is 17.5 Å². The number of carbonyl (C=O) groups is 1. The molecular formula is C24H31N7O4S. The highest BCUT2D eigenvalue weighted by Crippen LogP contribution is 2.21. The number of sulfonamides is 1. The molecule has 0 atom stereocenters. The van der Waals surface area contributed by atoms with E-state index in [1.807, 2.05) is 44.2 Å². The van der Waals surface area contributed by atoms with Crippen LogP contribution in [-0.4, -0.2) is 69.8 Å². The summed E-state index contributed by atoms with van der Waals surface area (Å²) >= 11 is 0. The Kier molecular flexibility index (Phi) is 7.94. The summed E-state index contributed by atoms with van der Waals surface area (Å²) in [5.74, 6) is 1.14. The third kappa shape index (κ3) is 6.64. The first-order valence-corrected chi connectivity index (χ1v) is 13.8. The van der Waals surface area contributed by atoms with E-state index in [2.05, 4.69) is 25.7 Å². The van der Waals surface area contributed by atoms with Crippen LogP contribution >= 0.6 is 0 Å². The van der Waals surface area contributed by atoms with Gasteiger partial charge in [0.2, 0.25) is 15.8 Å². The van der Waals surface area contributed by atoms with Gasteiger partial charge in [-0.15, -0.1) is 10.2 Å². The van der Waals surface area contributed by atoms with Gasteiger partial charge in [0.25, 0.3) is 5.91 Å². The van der Waals surface area contributed by atoms with E-state index < -0.39 is 10.0 Å². The van der Waals surface area contributed by atoms with Crippen LogP contribution in [0.1, 0.15) is 41.5 Å². The highest BCUT2D eigenvalue weighted by molar-refractivity contribution is 7.88. The zero-order valence-electron chi connectivity index (χ0n) is 20.7. The first-order valence-electron chi connectivity index (χ1n) is 11.9. The number of rotatable bonds is 9. The first kappa shape index (κ1) is 25.7. The number of hydrogen-bond donors (Lipinski definition) is 1. The molecule has 1 amide bonds. The Labute approximate surface area is 210 Å². The molecule has 1 aromatic carbocycles. The quantitative estimate of drug-likeness (QED) is 0.460. The minimum Gasteiger partial charge on any atom is -0.494 e. The molecule has 1 aliphatic rings. The molecule has 1 aliphatic heterocycles. The Bertz CT molecular complexity index is 1320. The number of aryl methyl sites for hydroxylation is 1.